The number of amides is 1. The molecule has 4 rings (SSSR count). The lowest BCUT2D eigenvalue weighted by Gasteiger charge is -2.37. The number of carbonyl (C=O) groups is 1. The molecule has 0 saturated carbocycles. The van der Waals surface area contributed by atoms with Crippen molar-refractivity contribution < 1.29 is 22.7 Å². The van der Waals surface area contributed by atoms with Gasteiger partial charge in [-0.15, -0.1) is 0 Å². The van der Waals surface area contributed by atoms with Crippen molar-refractivity contribution in [1.82, 2.24) is 29.4 Å². The van der Waals surface area contributed by atoms with Crippen molar-refractivity contribution in [2.24, 2.45) is 0 Å². The first-order valence-corrected chi connectivity index (χ1v) is 11.6. The zero-order valence-electron chi connectivity index (χ0n) is 20.0. The molecule has 1 saturated heterocycles. The number of carbonyl (C=O) groups excluding carboxylic acids is 1. The molecule has 0 radical (unpaired) electrons. The van der Waals surface area contributed by atoms with Crippen LogP contribution in [0, 0.1) is 0 Å². The smallest absolute Gasteiger partial charge is 0.372 e. The molecule has 1 aliphatic rings. The van der Waals surface area contributed by atoms with Crippen LogP contribution in [0.25, 0.3) is 22.6 Å². The molecule has 4 heterocycles. The number of nitrogens with zero attached hydrogens (tertiary/aromatic N) is 6. The van der Waals surface area contributed by atoms with E-state index in [1.807, 2.05) is 27.7 Å². The van der Waals surface area contributed by atoms with Crippen molar-refractivity contribution in [2.75, 3.05) is 18.4 Å². The summed E-state index contributed by atoms with van der Waals surface area (Å²) in [5.74, 6) is 0.753. The Bertz CT molecular complexity index is 1190. The number of alkyl halides is 3. The number of fused-ring (bicyclic) bond motifs is 1. The molecule has 0 aliphatic carbocycles. The summed E-state index contributed by atoms with van der Waals surface area (Å²) in [4.78, 5) is 31.9. The van der Waals surface area contributed by atoms with E-state index >= 15 is 0 Å². The number of hydrogen-bond donors (Lipinski definition) is 1. The van der Waals surface area contributed by atoms with Gasteiger partial charge in [-0.05, 0) is 39.3 Å². The Morgan fingerprint density at radius 2 is 1.89 bits per heavy atom. The van der Waals surface area contributed by atoms with Gasteiger partial charge in [-0.3, -0.25) is 9.78 Å². The van der Waals surface area contributed by atoms with Crippen LogP contribution in [0.1, 0.15) is 39.8 Å². The molecule has 0 bridgehead atoms. The van der Waals surface area contributed by atoms with Crippen LogP contribution in [0.5, 0.6) is 0 Å². The van der Waals surface area contributed by atoms with Gasteiger partial charge in [0.15, 0.2) is 17.0 Å². The van der Waals surface area contributed by atoms with E-state index in [1.165, 1.54) is 12.4 Å². The van der Waals surface area contributed by atoms with Gasteiger partial charge in [0.05, 0.1) is 12.2 Å². The maximum Gasteiger partial charge on any atom is 0.433 e. The summed E-state index contributed by atoms with van der Waals surface area (Å²) in [6.07, 6.45) is -1.57. The molecule has 3 aromatic heterocycles. The largest absolute Gasteiger partial charge is 0.433 e. The third-order valence-corrected chi connectivity index (χ3v) is 5.91. The van der Waals surface area contributed by atoms with E-state index in [1.54, 1.807) is 9.47 Å². The average molecular weight is 492 g/mol. The molecule has 1 N–H and O–H groups in total. The highest BCUT2D eigenvalue weighted by Crippen LogP contribution is 2.31. The fraction of sp³-hybridized carbons (Fsp3) is 0.522. The number of anilines is 1. The Morgan fingerprint density at radius 1 is 1.17 bits per heavy atom. The maximum atomic E-state index is 13.3. The van der Waals surface area contributed by atoms with Crippen LogP contribution in [0.4, 0.5) is 19.0 Å². The molecule has 3 aromatic rings. The van der Waals surface area contributed by atoms with Crippen LogP contribution in [-0.2, 0) is 22.3 Å². The summed E-state index contributed by atoms with van der Waals surface area (Å²) in [7, 11) is 0. The van der Waals surface area contributed by atoms with E-state index in [9.17, 15) is 18.0 Å². The standard InChI is InChI=1S/C23H28F3N7O2/c1-5-16(22(34)32-10-13(3)35-14(4)11-32)30-19-18-21(29-12-28-19)33(6-2)20(31-18)15-7-8-17(27-9-15)23(24,25)26/h7-9,12-14,16H,5-6,10-11H2,1-4H3,(H,28,29,30)/t13-,14+,16?. The molecule has 1 fully saturated rings. The minimum atomic E-state index is -4.52. The van der Waals surface area contributed by atoms with E-state index < -0.39 is 17.9 Å². The normalized spacial score (nSPS) is 19.7. The number of aromatic nitrogens is 5. The Kier molecular flexibility index (Phi) is 6.93. The number of aryl methyl sites for hydroxylation is 1. The van der Waals surface area contributed by atoms with Gasteiger partial charge in [0, 0.05) is 31.4 Å². The summed E-state index contributed by atoms with van der Waals surface area (Å²) < 4.78 is 46.3. The topological polar surface area (TPSA) is 98.1 Å². The molecular weight excluding hydrogens is 463 g/mol. The second-order valence-corrected chi connectivity index (χ2v) is 8.61. The third kappa shape index (κ3) is 5.07. The zero-order valence-corrected chi connectivity index (χ0v) is 20.0. The number of halogens is 3. The number of morpholine rings is 1. The van der Waals surface area contributed by atoms with E-state index in [-0.39, 0.29) is 18.1 Å². The van der Waals surface area contributed by atoms with Crippen molar-refractivity contribution in [3.63, 3.8) is 0 Å². The lowest BCUT2D eigenvalue weighted by Crippen LogP contribution is -2.52. The van der Waals surface area contributed by atoms with Gasteiger partial charge in [0.1, 0.15) is 23.9 Å². The van der Waals surface area contributed by atoms with Gasteiger partial charge in [-0.2, -0.15) is 13.2 Å². The van der Waals surface area contributed by atoms with E-state index in [2.05, 4.69) is 25.3 Å². The monoisotopic (exact) mass is 491 g/mol. The molecule has 12 heteroatoms. The zero-order chi connectivity index (χ0) is 25.3. The maximum absolute atomic E-state index is 13.3. The molecule has 1 amide bonds. The van der Waals surface area contributed by atoms with Gasteiger partial charge in [0.2, 0.25) is 5.91 Å². The van der Waals surface area contributed by atoms with Gasteiger partial charge >= 0.3 is 6.18 Å². The summed E-state index contributed by atoms with van der Waals surface area (Å²) in [6.45, 7) is 9.16. The first-order chi connectivity index (χ1) is 16.6. The quantitative estimate of drug-likeness (QED) is 0.561. The van der Waals surface area contributed by atoms with Gasteiger partial charge in [-0.25, -0.2) is 15.0 Å². The Labute approximate surface area is 200 Å². The number of nitrogens with one attached hydrogen (secondary N) is 1. The van der Waals surface area contributed by atoms with Gasteiger partial charge in [-0.1, -0.05) is 6.92 Å². The van der Waals surface area contributed by atoms with Crippen molar-refractivity contribution in [2.45, 2.75) is 65.1 Å². The van der Waals surface area contributed by atoms with Crippen molar-refractivity contribution in [3.8, 4) is 11.4 Å². The summed E-state index contributed by atoms with van der Waals surface area (Å²) in [6, 6.07) is 1.73. The minimum Gasteiger partial charge on any atom is -0.372 e. The van der Waals surface area contributed by atoms with Crippen LogP contribution >= 0.6 is 0 Å². The first kappa shape index (κ1) is 24.8. The van der Waals surface area contributed by atoms with Crippen molar-refractivity contribution >= 4 is 22.9 Å². The SMILES string of the molecule is CCC(Nc1ncnc2c1nc(-c1ccc(C(F)(F)F)nc1)n2CC)C(=O)N1C[C@@H](C)O[C@@H](C)C1. The fourth-order valence-corrected chi connectivity index (χ4v) is 4.34. The minimum absolute atomic E-state index is 0.0499. The Morgan fingerprint density at radius 3 is 2.46 bits per heavy atom. The second kappa shape index (κ2) is 9.76. The molecule has 0 spiro atoms. The molecule has 0 aromatic carbocycles. The number of imidazole rings is 1. The number of hydrogen-bond acceptors (Lipinski definition) is 7. The lowest BCUT2D eigenvalue weighted by atomic mass is 10.1. The number of rotatable bonds is 6. The lowest BCUT2D eigenvalue weighted by molar-refractivity contribution is -0.144. The highest BCUT2D eigenvalue weighted by molar-refractivity contribution is 5.90. The summed E-state index contributed by atoms with van der Waals surface area (Å²) in [5, 5.41) is 3.22. The van der Waals surface area contributed by atoms with Crippen LogP contribution in [0.3, 0.4) is 0 Å². The fourth-order valence-electron chi connectivity index (χ4n) is 4.34. The van der Waals surface area contributed by atoms with Crippen LogP contribution in [-0.4, -0.2) is 66.6 Å². The molecule has 35 heavy (non-hydrogen) atoms. The highest BCUT2D eigenvalue weighted by atomic mass is 19.4. The molecule has 1 unspecified atom stereocenters. The summed E-state index contributed by atoms with van der Waals surface area (Å²) >= 11 is 0. The highest BCUT2D eigenvalue weighted by Gasteiger charge is 2.33. The van der Waals surface area contributed by atoms with Crippen LogP contribution < -0.4 is 5.32 Å². The Hall–Kier alpha value is -3.28. The first-order valence-electron chi connectivity index (χ1n) is 11.6. The van der Waals surface area contributed by atoms with E-state index in [0.717, 1.165) is 12.3 Å². The van der Waals surface area contributed by atoms with Crippen LogP contribution in [0.15, 0.2) is 24.7 Å². The van der Waals surface area contributed by atoms with Gasteiger partial charge < -0.3 is 19.5 Å². The van der Waals surface area contributed by atoms with Gasteiger partial charge in [0.25, 0.3) is 0 Å². The molecule has 3 atom stereocenters. The molecule has 1 aliphatic heterocycles. The predicted octanol–water partition coefficient (Wildman–Crippen LogP) is 3.75. The predicted molar refractivity (Wildman–Crippen MR) is 124 cm³/mol. The Balaban J connectivity index is 1.66. The van der Waals surface area contributed by atoms with E-state index in [4.69, 9.17) is 4.74 Å². The van der Waals surface area contributed by atoms with Crippen molar-refractivity contribution in [1.29, 1.82) is 0 Å². The van der Waals surface area contributed by atoms with Crippen molar-refractivity contribution in [3.05, 3.63) is 30.4 Å². The molecular formula is C23H28F3N7O2. The van der Waals surface area contributed by atoms with E-state index in [0.29, 0.717) is 54.4 Å². The average Bonchev–Trinajstić information content (AvgIpc) is 3.20. The summed E-state index contributed by atoms with van der Waals surface area (Å²) in [5.41, 5.74) is 0.386. The second-order valence-electron chi connectivity index (χ2n) is 8.61. The molecule has 9 nitrogen and oxygen atoms in total. The third-order valence-electron chi connectivity index (χ3n) is 5.91. The number of ether oxygens (including phenoxy) is 1. The molecule has 188 valence electrons. The number of pyridine rings is 1. The van der Waals surface area contributed by atoms with Crippen LogP contribution in [0.2, 0.25) is 0 Å².